The van der Waals surface area contributed by atoms with Gasteiger partial charge >= 0.3 is 0 Å². The summed E-state index contributed by atoms with van der Waals surface area (Å²) in [5, 5.41) is 12.9. The Bertz CT molecular complexity index is 578. The first-order valence-corrected chi connectivity index (χ1v) is 5.16. The van der Waals surface area contributed by atoms with E-state index in [2.05, 4.69) is 10.1 Å². The highest BCUT2D eigenvalue weighted by Gasteiger charge is 2.11. The van der Waals surface area contributed by atoms with Crippen LogP contribution >= 0.6 is 0 Å². The number of nitriles is 1. The molecule has 86 valence electrons. The predicted molar refractivity (Wildman–Crippen MR) is 61.7 cm³/mol. The largest absolute Gasteiger partial charge is 0.435 e. The van der Waals surface area contributed by atoms with Crippen LogP contribution in [0.3, 0.4) is 0 Å². The summed E-state index contributed by atoms with van der Waals surface area (Å²) in [6.07, 6.45) is 1.48. The Kier molecular flexibility index (Phi) is 2.79. The summed E-state index contributed by atoms with van der Waals surface area (Å²) in [5.74, 6) is 1.17. The van der Waals surface area contributed by atoms with E-state index in [-0.39, 0.29) is 0 Å². The van der Waals surface area contributed by atoms with Gasteiger partial charge in [0.15, 0.2) is 5.75 Å². The lowest BCUT2D eigenvalue weighted by Gasteiger charge is -2.04. The summed E-state index contributed by atoms with van der Waals surface area (Å²) in [6.45, 7) is 3.81. The van der Waals surface area contributed by atoms with Crippen molar-refractivity contribution in [1.82, 2.24) is 14.8 Å². The molecule has 2 heterocycles. The van der Waals surface area contributed by atoms with Gasteiger partial charge in [0, 0.05) is 19.3 Å². The quantitative estimate of drug-likeness (QED) is 0.789. The van der Waals surface area contributed by atoms with E-state index in [0.717, 1.165) is 11.4 Å². The highest BCUT2D eigenvalue weighted by Crippen LogP contribution is 2.26. The Balaban J connectivity index is 2.29. The van der Waals surface area contributed by atoms with E-state index in [1.807, 2.05) is 27.0 Å². The molecule has 5 heteroatoms. The molecule has 0 saturated heterocycles. The third-order valence-electron chi connectivity index (χ3n) is 2.51. The number of rotatable bonds is 2. The van der Waals surface area contributed by atoms with Crippen LogP contribution in [0.5, 0.6) is 11.6 Å². The lowest BCUT2D eigenvalue weighted by Crippen LogP contribution is -1.93. The van der Waals surface area contributed by atoms with E-state index in [1.165, 1.54) is 6.20 Å². The van der Waals surface area contributed by atoms with Crippen molar-refractivity contribution in [2.45, 2.75) is 13.8 Å². The predicted octanol–water partition coefficient (Wildman–Crippen LogP) is 2.10. The normalized spacial score (nSPS) is 10.0. The topological polar surface area (TPSA) is 63.7 Å². The number of aryl methyl sites for hydroxylation is 2. The van der Waals surface area contributed by atoms with E-state index in [4.69, 9.17) is 10.00 Å². The average molecular weight is 228 g/mol. The van der Waals surface area contributed by atoms with Gasteiger partial charge in [-0.15, -0.1) is 0 Å². The average Bonchev–Trinajstić information content (AvgIpc) is 2.57. The van der Waals surface area contributed by atoms with Crippen molar-refractivity contribution in [3.63, 3.8) is 0 Å². The van der Waals surface area contributed by atoms with Gasteiger partial charge < -0.3 is 4.74 Å². The number of ether oxygens (including phenoxy) is 1. The minimum Gasteiger partial charge on any atom is -0.435 e. The Morgan fingerprint density at radius 1 is 1.35 bits per heavy atom. The lowest BCUT2D eigenvalue weighted by molar-refractivity contribution is 0.455. The fourth-order valence-electron chi connectivity index (χ4n) is 1.51. The van der Waals surface area contributed by atoms with E-state index in [0.29, 0.717) is 17.2 Å². The molecule has 2 aromatic rings. The van der Waals surface area contributed by atoms with Crippen LogP contribution in [-0.2, 0) is 7.05 Å². The van der Waals surface area contributed by atoms with Gasteiger partial charge in [-0.1, -0.05) is 0 Å². The smallest absolute Gasteiger partial charge is 0.219 e. The Morgan fingerprint density at radius 3 is 2.59 bits per heavy atom. The second-order valence-electron chi connectivity index (χ2n) is 3.72. The van der Waals surface area contributed by atoms with Crippen molar-refractivity contribution in [3.8, 4) is 17.7 Å². The zero-order valence-electron chi connectivity index (χ0n) is 9.93. The molecule has 0 fully saturated rings. The van der Waals surface area contributed by atoms with Gasteiger partial charge in [0.25, 0.3) is 0 Å². The maximum Gasteiger partial charge on any atom is 0.219 e. The van der Waals surface area contributed by atoms with Crippen LogP contribution in [0.1, 0.15) is 17.0 Å². The first-order chi connectivity index (χ1) is 8.11. The number of aromatic nitrogens is 3. The van der Waals surface area contributed by atoms with Gasteiger partial charge in [0.05, 0.1) is 11.3 Å². The molecule has 0 saturated carbocycles. The highest BCUT2D eigenvalue weighted by atomic mass is 16.5. The monoisotopic (exact) mass is 228 g/mol. The molecule has 0 bridgehead atoms. The molecule has 0 atom stereocenters. The molecule has 2 aromatic heterocycles. The third-order valence-corrected chi connectivity index (χ3v) is 2.51. The van der Waals surface area contributed by atoms with Gasteiger partial charge in [-0.05, 0) is 19.9 Å². The summed E-state index contributed by atoms with van der Waals surface area (Å²) in [4.78, 5) is 4.05. The molecular weight excluding hydrogens is 216 g/mol. The molecule has 0 aliphatic carbocycles. The van der Waals surface area contributed by atoms with Gasteiger partial charge in [0.1, 0.15) is 11.8 Å². The molecule has 0 radical (unpaired) electrons. The molecule has 0 aromatic carbocycles. The molecule has 0 N–H and O–H groups in total. The second-order valence-corrected chi connectivity index (χ2v) is 3.72. The first kappa shape index (κ1) is 11.1. The van der Waals surface area contributed by atoms with Crippen LogP contribution in [0.25, 0.3) is 0 Å². The van der Waals surface area contributed by atoms with Crippen molar-refractivity contribution < 1.29 is 4.74 Å². The summed E-state index contributed by atoms with van der Waals surface area (Å²) in [7, 11) is 1.86. The minimum atomic E-state index is 0.461. The Morgan fingerprint density at radius 2 is 2.12 bits per heavy atom. The number of hydrogen-bond acceptors (Lipinski definition) is 4. The van der Waals surface area contributed by atoms with Gasteiger partial charge in [-0.25, -0.2) is 4.98 Å². The number of pyridine rings is 1. The van der Waals surface area contributed by atoms with Crippen LogP contribution in [0.4, 0.5) is 0 Å². The molecule has 5 nitrogen and oxygen atoms in total. The molecule has 0 aliphatic rings. The summed E-state index contributed by atoms with van der Waals surface area (Å²) < 4.78 is 7.41. The SMILES string of the molecule is Cc1nn(C)c(C)c1Oc1ccc(C#N)cn1. The van der Waals surface area contributed by atoms with Gasteiger partial charge in [-0.2, -0.15) is 10.4 Å². The number of hydrogen-bond donors (Lipinski definition) is 0. The second kappa shape index (κ2) is 4.26. The maximum atomic E-state index is 8.67. The van der Waals surface area contributed by atoms with Crippen molar-refractivity contribution >= 4 is 0 Å². The standard InChI is InChI=1S/C12H12N4O/c1-8-12(9(2)16(3)15-8)17-11-5-4-10(6-13)7-14-11/h4-5,7H,1-3H3. The zero-order valence-corrected chi connectivity index (χ0v) is 9.93. The van der Waals surface area contributed by atoms with E-state index < -0.39 is 0 Å². The maximum absolute atomic E-state index is 8.67. The zero-order chi connectivity index (χ0) is 12.4. The van der Waals surface area contributed by atoms with Crippen molar-refractivity contribution in [3.05, 3.63) is 35.3 Å². The summed E-state index contributed by atoms with van der Waals surface area (Å²) >= 11 is 0. The molecule has 0 spiro atoms. The van der Waals surface area contributed by atoms with Crippen LogP contribution in [0.15, 0.2) is 18.3 Å². The summed E-state index contributed by atoms with van der Waals surface area (Å²) in [6, 6.07) is 5.35. The van der Waals surface area contributed by atoms with Gasteiger partial charge in [0.2, 0.25) is 5.88 Å². The fourth-order valence-corrected chi connectivity index (χ4v) is 1.51. The van der Waals surface area contributed by atoms with Crippen LogP contribution in [-0.4, -0.2) is 14.8 Å². The van der Waals surface area contributed by atoms with E-state index in [1.54, 1.807) is 16.8 Å². The molecule has 0 aliphatic heterocycles. The fraction of sp³-hybridized carbons (Fsp3) is 0.250. The molecule has 17 heavy (non-hydrogen) atoms. The lowest BCUT2D eigenvalue weighted by atomic mass is 10.3. The van der Waals surface area contributed by atoms with Crippen LogP contribution in [0.2, 0.25) is 0 Å². The minimum absolute atomic E-state index is 0.461. The molecule has 0 unspecified atom stereocenters. The number of nitrogens with zero attached hydrogens (tertiary/aromatic N) is 4. The van der Waals surface area contributed by atoms with Crippen LogP contribution in [0, 0.1) is 25.2 Å². The van der Waals surface area contributed by atoms with Crippen LogP contribution < -0.4 is 4.74 Å². The Labute approximate surface area is 99.3 Å². The Hall–Kier alpha value is -2.35. The molecular formula is C12H12N4O. The molecule has 0 amide bonds. The third kappa shape index (κ3) is 2.11. The van der Waals surface area contributed by atoms with E-state index in [9.17, 15) is 0 Å². The van der Waals surface area contributed by atoms with E-state index >= 15 is 0 Å². The van der Waals surface area contributed by atoms with Gasteiger partial charge in [-0.3, -0.25) is 4.68 Å². The summed E-state index contributed by atoms with van der Waals surface area (Å²) in [5.41, 5.74) is 2.27. The first-order valence-electron chi connectivity index (χ1n) is 5.16. The van der Waals surface area contributed by atoms with Crippen molar-refractivity contribution in [2.75, 3.05) is 0 Å². The van der Waals surface area contributed by atoms with Crippen molar-refractivity contribution in [2.24, 2.45) is 7.05 Å². The highest BCUT2D eigenvalue weighted by molar-refractivity contribution is 5.36. The molecule has 2 rings (SSSR count). The van der Waals surface area contributed by atoms with Crippen molar-refractivity contribution in [1.29, 1.82) is 5.26 Å².